The maximum atomic E-state index is 6.06. The Bertz CT molecular complexity index is 459. The van der Waals surface area contributed by atoms with Crippen LogP contribution in [0.4, 0.5) is 0 Å². The van der Waals surface area contributed by atoms with Crippen molar-refractivity contribution in [1.29, 1.82) is 0 Å². The van der Waals surface area contributed by atoms with Crippen LogP contribution < -0.4 is 17.1 Å². The van der Waals surface area contributed by atoms with Gasteiger partial charge in [0.15, 0.2) is 5.76 Å². The lowest BCUT2D eigenvalue weighted by molar-refractivity contribution is 0.0579. The molecule has 1 rings (SSSR count). The largest absolute Gasteiger partial charge is 0.374 e. The van der Waals surface area contributed by atoms with Crippen molar-refractivity contribution in [3.05, 3.63) is 40.6 Å². The third-order valence-corrected chi connectivity index (χ3v) is 2.37. The molecule has 0 spiro atoms. The van der Waals surface area contributed by atoms with Crippen molar-refractivity contribution in [3.8, 4) is 0 Å². The summed E-state index contributed by atoms with van der Waals surface area (Å²) in [4.78, 5) is 5.19. The molecule has 0 heterocycles. The second-order valence-corrected chi connectivity index (χ2v) is 3.91. The highest BCUT2D eigenvalue weighted by molar-refractivity contribution is 6.32. The Morgan fingerprint density at radius 2 is 2.16 bits per heavy atom. The molecule has 0 aliphatic heterocycles. The predicted molar refractivity (Wildman–Crippen MR) is 76.0 cm³/mol. The SMILES string of the molecule is CCOC/C(=C\c1ccccc1Cl)ONN=C(N)N. The van der Waals surface area contributed by atoms with Crippen molar-refractivity contribution in [2.24, 2.45) is 16.6 Å². The van der Waals surface area contributed by atoms with E-state index in [-0.39, 0.29) is 12.6 Å². The summed E-state index contributed by atoms with van der Waals surface area (Å²) in [6, 6.07) is 7.37. The van der Waals surface area contributed by atoms with Crippen molar-refractivity contribution >= 4 is 23.6 Å². The van der Waals surface area contributed by atoms with Crippen molar-refractivity contribution in [1.82, 2.24) is 5.59 Å². The smallest absolute Gasteiger partial charge is 0.211 e. The first-order valence-corrected chi connectivity index (χ1v) is 6.04. The van der Waals surface area contributed by atoms with E-state index < -0.39 is 0 Å². The van der Waals surface area contributed by atoms with Gasteiger partial charge in [0.1, 0.15) is 6.61 Å². The van der Waals surface area contributed by atoms with E-state index in [1.807, 2.05) is 25.1 Å². The second kappa shape index (κ2) is 8.23. The Morgan fingerprint density at radius 3 is 2.79 bits per heavy atom. The average Bonchev–Trinajstić information content (AvgIpc) is 2.37. The van der Waals surface area contributed by atoms with Crippen LogP contribution in [0.25, 0.3) is 6.08 Å². The number of nitrogens with zero attached hydrogens (tertiary/aromatic N) is 1. The molecule has 0 bridgehead atoms. The van der Waals surface area contributed by atoms with Gasteiger partial charge in [-0.15, -0.1) is 10.7 Å². The van der Waals surface area contributed by atoms with Crippen LogP contribution in [-0.2, 0) is 9.57 Å². The van der Waals surface area contributed by atoms with Gasteiger partial charge in [-0.3, -0.25) is 0 Å². The van der Waals surface area contributed by atoms with Crippen molar-refractivity contribution in [2.45, 2.75) is 6.92 Å². The van der Waals surface area contributed by atoms with E-state index >= 15 is 0 Å². The maximum absolute atomic E-state index is 6.06. The number of hydrogen-bond donors (Lipinski definition) is 3. The molecule has 19 heavy (non-hydrogen) atoms. The van der Waals surface area contributed by atoms with Gasteiger partial charge >= 0.3 is 0 Å². The van der Waals surface area contributed by atoms with Gasteiger partial charge in [0.05, 0.1) is 0 Å². The molecule has 0 aliphatic rings. The van der Waals surface area contributed by atoms with E-state index in [0.717, 1.165) is 5.56 Å². The van der Waals surface area contributed by atoms with Crippen LogP contribution in [0, 0.1) is 0 Å². The summed E-state index contributed by atoms with van der Waals surface area (Å²) in [5.41, 5.74) is 13.4. The molecule has 0 aromatic heterocycles. The molecule has 0 atom stereocenters. The maximum Gasteiger partial charge on any atom is 0.211 e. The Morgan fingerprint density at radius 1 is 1.42 bits per heavy atom. The number of benzene rings is 1. The topological polar surface area (TPSA) is 94.9 Å². The standard InChI is InChI=1S/C12H17ClN4O2/c1-2-18-8-10(19-17-16-12(14)15)7-9-5-3-4-6-11(9)13/h3-7,17H,2,8H2,1H3,(H4,14,15,16)/b10-7+. The Hall–Kier alpha value is -1.92. The number of nitrogens with one attached hydrogen (secondary N) is 1. The van der Waals surface area contributed by atoms with E-state index in [0.29, 0.717) is 17.4 Å². The molecule has 6 nitrogen and oxygen atoms in total. The number of guanidine groups is 1. The zero-order valence-corrected chi connectivity index (χ0v) is 11.4. The van der Waals surface area contributed by atoms with Gasteiger partial charge in [-0.05, 0) is 24.6 Å². The number of nitrogens with two attached hydrogens (primary N) is 2. The highest BCUT2D eigenvalue weighted by atomic mass is 35.5. The molecule has 0 fully saturated rings. The summed E-state index contributed by atoms with van der Waals surface area (Å²) in [6.07, 6.45) is 1.74. The zero-order chi connectivity index (χ0) is 14.1. The first kappa shape index (κ1) is 15.1. The lowest BCUT2D eigenvalue weighted by Gasteiger charge is -2.09. The summed E-state index contributed by atoms with van der Waals surface area (Å²) in [5, 5.41) is 4.12. The fourth-order valence-corrected chi connectivity index (χ4v) is 1.39. The third kappa shape index (κ3) is 5.98. The second-order valence-electron chi connectivity index (χ2n) is 3.50. The number of halogens is 1. The fourth-order valence-electron chi connectivity index (χ4n) is 1.20. The van der Waals surface area contributed by atoms with Crippen LogP contribution in [-0.4, -0.2) is 19.2 Å². The number of ether oxygens (including phenoxy) is 1. The lowest BCUT2D eigenvalue weighted by Crippen LogP contribution is -2.26. The number of hydrogen-bond acceptors (Lipinski definition) is 4. The van der Waals surface area contributed by atoms with E-state index in [1.165, 1.54) is 0 Å². The van der Waals surface area contributed by atoms with Gasteiger partial charge in [0.25, 0.3) is 0 Å². The normalized spacial score (nSPS) is 10.9. The van der Waals surface area contributed by atoms with Gasteiger partial charge in [-0.25, -0.2) is 0 Å². The average molecular weight is 285 g/mol. The molecule has 0 saturated heterocycles. The summed E-state index contributed by atoms with van der Waals surface area (Å²) in [5.74, 6) is 0.369. The fraction of sp³-hybridized carbons (Fsp3) is 0.250. The zero-order valence-electron chi connectivity index (χ0n) is 10.6. The van der Waals surface area contributed by atoms with E-state index in [2.05, 4.69) is 10.7 Å². The summed E-state index contributed by atoms with van der Waals surface area (Å²) < 4.78 is 5.28. The molecule has 104 valence electrons. The van der Waals surface area contributed by atoms with Gasteiger partial charge in [0.2, 0.25) is 5.96 Å². The Labute approximate surface area is 117 Å². The van der Waals surface area contributed by atoms with Crippen molar-refractivity contribution in [3.63, 3.8) is 0 Å². The highest BCUT2D eigenvalue weighted by Crippen LogP contribution is 2.18. The minimum atomic E-state index is -0.131. The highest BCUT2D eigenvalue weighted by Gasteiger charge is 2.02. The van der Waals surface area contributed by atoms with Crippen molar-refractivity contribution in [2.75, 3.05) is 13.2 Å². The summed E-state index contributed by atoms with van der Waals surface area (Å²) in [6.45, 7) is 2.72. The molecular formula is C12H17ClN4O2. The Kier molecular flexibility index (Phi) is 6.56. The van der Waals surface area contributed by atoms with Gasteiger partial charge < -0.3 is 21.0 Å². The van der Waals surface area contributed by atoms with Crippen LogP contribution in [0.1, 0.15) is 12.5 Å². The summed E-state index contributed by atoms with van der Waals surface area (Å²) >= 11 is 6.06. The number of hydrazone groups is 1. The van der Waals surface area contributed by atoms with Gasteiger partial charge in [-0.1, -0.05) is 29.8 Å². The predicted octanol–water partition coefficient (Wildman–Crippen LogP) is 1.43. The van der Waals surface area contributed by atoms with E-state index in [9.17, 15) is 0 Å². The van der Waals surface area contributed by atoms with Gasteiger partial charge in [0, 0.05) is 11.6 Å². The first-order chi connectivity index (χ1) is 9.13. The first-order valence-electron chi connectivity index (χ1n) is 5.66. The molecule has 0 aliphatic carbocycles. The van der Waals surface area contributed by atoms with Crippen LogP contribution in [0.3, 0.4) is 0 Å². The third-order valence-electron chi connectivity index (χ3n) is 2.02. The lowest BCUT2D eigenvalue weighted by atomic mass is 10.2. The molecule has 0 saturated carbocycles. The molecule has 5 N–H and O–H groups in total. The molecule has 0 radical (unpaired) electrons. The Balaban J connectivity index is 2.77. The van der Waals surface area contributed by atoms with Crippen LogP contribution >= 0.6 is 11.6 Å². The molecule has 7 heteroatoms. The number of rotatable bonds is 7. The van der Waals surface area contributed by atoms with Crippen LogP contribution in [0.15, 0.2) is 35.1 Å². The van der Waals surface area contributed by atoms with Gasteiger partial charge in [-0.2, -0.15) is 0 Å². The molecule has 0 amide bonds. The quantitative estimate of drug-likeness (QED) is 0.305. The molecule has 1 aromatic rings. The van der Waals surface area contributed by atoms with E-state index in [4.69, 9.17) is 32.6 Å². The minimum absolute atomic E-state index is 0.131. The summed E-state index contributed by atoms with van der Waals surface area (Å²) in [7, 11) is 0. The van der Waals surface area contributed by atoms with Crippen LogP contribution in [0.2, 0.25) is 5.02 Å². The van der Waals surface area contributed by atoms with Crippen LogP contribution in [0.5, 0.6) is 0 Å². The van der Waals surface area contributed by atoms with E-state index in [1.54, 1.807) is 12.1 Å². The molecule has 1 aromatic carbocycles. The van der Waals surface area contributed by atoms with Crippen molar-refractivity contribution < 1.29 is 9.57 Å². The molecular weight excluding hydrogens is 268 g/mol. The minimum Gasteiger partial charge on any atom is -0.374 e. The molecule has 0 unspecified atom stereocenters. The monoisotopic (exact) mass is 284 g/mol.